The highest BCUT2D eigenvalue weighted by Gasteiger charge is 2.20. The van der Waals surface area contributed by atoms with Crippen LogP contribution < -0.4 is 10.2 Å². The molecular weight excluding hydrogens is 348 g/mol. The zero-order chi connectivity index (χ0) is 18.7. The van der Waals surface area contributed by atoms with E-state index in [2.05, 4.69) is 45.0 Å². The van der Waals surface area contributed by atoms with Gasteiger partial charge in [-0.3, -0.25) is 9.69 Å². The molecule has 0 unspecified atom stereocenters. The number of hydrogen-bond donors (Lipinski definition) is 1. The SMILES string of the molecule is CC(=O)Nc1nc(CN2CCN(c3cc(C)nc(C(C)C)n3)CC2)cs1. The lowest BCUT2D eigenvalue weighted by molar-refractivity contribution is -0.114. The predicted molar refractivity (Wildman–Crippen MR) is 105 cm³/mol. The summed E-state index contributed by atoms with van der Waals surface area (Å²) < 4.78 is 0. The number of aromatic nitrogens is 3. The third-order valence-corrected chi connectivity index (χ3v) is 5.10. The topological polar surface area (TPSA) is 74.2 Å². The van der Waals surface area contributed by atoms with Gasteiger partial charge in [-0.1, -0.05) is 13.8 Å². The molecule has 26 heavy (non-hydrogen) atoms. The molecule has 0 atom stereocenters. The first-order valence-corrected chi connectivity index (χ1v) is 9.83. The van der Waals surface area contributed by atoms with Crippen molar-refractivity contribution < 1.29 is 4.79 Å². The summed E-state index contributed by atoms with van der Waals surface area (Å²) in [6.07, 6.45) is 0. The van der Waals surface area contributed by atoms with Gasteiger partial charge >= 0.3 is 0 Å². The molecule has 2 aromatic rings. The van der Waals surface area contributed by atoms with E-state index in [1.54, 1.807) is 0 Å². The van der Waals surface area contributed by atoms with Crippen LogP contribution in [-0.4, -0.2) is 51.9 Å². The van der Waals surface area contributed by atoms with Crippen molar-refractivity contribution in [1.29, 1.82) is 0 Å². The molecule has 1 aliphatic heterocycles. The van der Waals surface area contributed by atoms with E-state index in [0.29, 0.717) is 11.0 Å². The largest absolute Gasteiger partial charge is 0.354 e. The molecule has 1 aliphatic rings. The summed E-state index contributed by atoms with van der Waals surface area (Å²) in [7, 11) is 0. The van der Waals surface area contributed by atoms with Gasteiger partial charge in [-0.05, 0) is 6.92 Å². The molecule has 3 heterocycles. The minimum Gasteiger partial charge on any atom is -0.354 e. The van der Waals surface area contributed by atoms with Gasteiger partial charge in [0.1, 0.15) is 11.6 Å². The Morgan fingerprint density at radius 2 is 1.96 bits per heavy atom. The standard InChI is InChI=1S/C18H26N6OS/c1-12(2)17-19-13(3)9-16(22-17)24-7-5-23(6-8-24)10-15-11-26-18(21-15)20-14(4)25/h9,11-12H,5-8,10H2,1-4H3,(H,20,21,25). The highest BCUT2D eigenvalue weighted by molar-refractivity contribution is 7.13. The fourth-order valence-corrected chi connectivity index (χ4v) is 3.69. The molecule has 0 aromatic carbocycles. The Morgan fingerprint density at radius 1 is 1.23 bits per heavy atom. The first-order valence-electron chi connectivity index (χ1n) is 8.95. The molecule has 7 nitrogen and oxygen atoms in total. The number of carbonyl (C=O) groups excluding carboxylic acids is 1. The van der Waals surface area contributed by atoms with Crippen LogP contribution in [0.5, 0.6) is 0 Å². The number of carbonyl (C=O) groups is 1. The number of piperazine rings is 1. The summed E-state index contributed by atoms with van der Waals surface area (Å²) in [5.74, 6) is 2.19. The third kappa shape index (κ3) is 4.76. The van der Waals surface area contributed by atoms with Gasteiger partial charge in [0.05, 0.1) is 5.69 Å². The van der Waals surface area contributed by atoms with Crippen LogP contribution in [0.3, 0.4) is 0 Å². The van der Waals surface area contributed by atoms with Gasteiger partial charge in [0.15, 0.2) is 5.13 Å². The van der Waals surface area contributed by atoms with E-state index < -0.39 is 0 Å². The van der Waals surface area contributed by atoms with Crippen LogP contribution in [0, 0.1) is 6.92 Å². The average molecular weight is 375 g/mol. The van der Waals surface area contributed by atoms with E-state index in [4.69, 9.17) is 4.98 Å². The molecule has 8 heteroatoms. The number of hydrogen-bond acceptors (Lipinski definition) is 7. The summed E-state index contributed by atoms with van der Waals surface area (Å²) in [6, 6.07) is 2.07. The van der Waals surface area contributed by atoms with Crippen molar-refractivity contribution in [3.05, 3.63) is 28.7 Å². The third-order valence-electron chi connectivity index (χ3n) is 4.29. The maximum atomic E-state index is 11.1. The maximum absolute atomic E-state index is 11.1. The second-order valence-electron chi connectivity index (χ2n) is 6.97. The van der Waals surface area contributed by atoms with Crippen molar-refractivity contribution in [2.24, 2.45) is 0 Å². The molecule has 0 spiro atoms. The lowest BCUT2D eigenvalue weighted by Gasteiger charge is -2.35. The van der Waals surface area contributed by atoms with Crippen LogP contribution in [0.15, 0.2) is 11.4 Å². The first kappa shape index (κ1) is 18.7. The molecule has 0 bridgehead atoms. The van der Waals surface area contributed by atoms with Gasteiger partial charge in [0.25, 0.3) is 0 Å². The highest BCUT2D eigenvalue weighted by atomic mass is 32.1. The average Bonchev–Trinajstić information content (AvgIpc) is 3.01. The van der Waals surface area contributed by atoms with Crippen molar-refractivity contribution in [3.8, 4) is 0 Å². The van der Waals surface area contributed by atoms with Crippen LogP contribution >= 0.6 is 11.3 Å². The van der Waals surface area contributed by atoms with E-state index >= 15 is 0 Å². The molecule has 0 saturated carbocycles. The van der Waals surface area contributed by atoms with E-state index in [0.717, 1.165) is 55.8 Å². The maximum Gasteiger partial charge on any atom is 0.223 e. The van der Waals surface area contributed by atoms with E-state index in [1.807, 2.05) is 12.3 Å². The smallest absolute Gasteiger partial charge is 0.223 e. The predicted octanol–water partition coefficient (Wildman–Crippen LogP) is 2.65. The van der Waals surface area contributed by atoms with Crippen molar-refractivity contribution in [3.63, 3.8) is 0 Å². The van der Waals surface area contributed by atoms with Crippen molar-refractivity contribution in [2.45, 2.75) is 40.2 Å². The summed E-state index contributed by atoms with van der Waals surface area (Å²) in [4.78, 5) is 29.6. The zero-order valence-corrected chi connectivity index (χ0v) is 16.6. The Bertz CT molecular complexity index is 767. The Kier molecular flexibility index (Phi) is 5.83. The van der Waals surface area contributed by atoms with Crippen LogP contribution in [0.25, 0.3) is 0 Å². The first-order chi connectivity index (χ1) is 12.4. The number of anilines is 2. The molecule has 1 saturated heterocycles. The van der Waals surface area contributed by atoms with Gasteiger partial charge in [-0.2, -0.15) is 0 Å². The molecule has 1 amide bonds. The normalized spacial score (nSPS) is 15.5. The molecule has 2 aromatic heterocycles. The second-order valence-corrected chi connectivity index (χ2v) is 7.83. The van der Waals surface area contributed by atoms with Gasteiger partial charge < -0.3 is 10.2 Å². The Hall–Kier alpha value is -2.06. The quantitative estimate of drug-likeness (QED) is 0.867. The van der Waals surface area contributed by atoms with Crippen molar-refractivity contribution in [2.75, 3.05) is 36.4 Å². The van der Waals surface area contributed by atoms with Gasteiger partial charge in [0.2, 0.25) is 5.91 Å². The number of aryl methyl sites for hydroxylation is 1. The van der Waals surface area contributed by atoms with Crippen LogP contribution in [0.1, 0.15) is 43.9 Å². The minimum atomic E-state index is -0.0829. The molecule has 0 radical (unpaired) electrons. The fraction of sp³-hybridized carbons (Fsp3) is 0.556. The highest BCUT2D eigenvalue weighted by Crippen LogP contribution is 2.20. The molecule has 1 fully saturated rings. The van der Waals surface area contributed by atoms with E-state index in [1.165, 1.54) is 18.3 Å². The molecular formula is C18H26N6OS. The fourth-order valence-electron chi connectivity index (χ4n) is 2.95. The van der Waals surface area contributed by atoms with E-state index in [-0.39, 0.29) is 5.91 Å². The van der Waals surface area contributed by atoms with Crippen LogP contribution in [0.4, 0.5) is 10.9 Å². The second kappa shape index (κ2) is 8.09. The Balaban J connectivity index is 1.57. The molecule has 0 aliphatic carbocycles. The number of thiazole rings is 1. The summed E-state index contributed by atoms with van der Waals surface area (Å²) in [6.45, 7) is 12.4. The monoisotopic (exact) mass is 374 g/mol. The minimum absolute atomic E-state index is 0.0829. The lowest BCUT2D eigenvalue weighted by Crippen LogP contribution is -2.46. The van der Waals surface area contributed by atoms with Crippen LogP contribution in [0.2, 0.25) is 0 Å². The molecule has 3 rings (SSSR count). The zero-order valence-electron chi connectivity index (χ0n) is 15.8. The summed E-state index contributed by atoms with van der Waals surface area (Å²) in [5, 5.41) is 5.42. The Morgan fingerprint density at radius 3 is 2.62 bits per heavy atom. The van der Waals surface area contributed by atoms with Crippen molar-refractivity contribution >= 4 is 28.2 Å². The van der Waals surface area contributed by atoms with Crippen molar-refractivity contribution in [1.82, 2.24) is 19.9 Å². The lowest BCUT2D eigenvalue weighted by atomic mass is 10.2. The van der Waals surface area contributed by atoms with Gasteiger partial charge in [-0.15, -0.1) is 11.3 Å². The Labute approximate surface area is 158 Å². The number of amides is 1. The van der Waals surface area contributed by atoms with E-state index in [9.17, 15) is 4.79 Å². The molecule has 140 valence electrons. The van der Waals surface area contributed by atoms with Gasteiger partial charge in [-0.25, -0.2) is 15.0 Å². The summed E-state index contributed by atoms with van der Waals surface area (Å²) in [5.41, 5.74) is 2.03. The summed E-state index contributed by atoms with van der Waals surface area (Å²) >= 11 is 1.47. The van der Waals surface area contributed by atoms with Crippen LogP contribution in [-0.2, 0) is 11.3 Å². The molecule has 1 N–H and O–H groups in total. The number of nitrogens with zero attached hydrogens (tertiary/aromatic N) is 5. The van der Waals surface area contributed by atoms with Gasteiger partial charge in [0, 0.05) is 62.7 Å². The number of nitrogens with one attached hydrogen (secondary N) is 1. The number of rotatable bonds is 5.